The first kappa shape index (κ1) is 19.8. The summed E-state index contributed by atoms with van der Waals surface area (Å²) in [6, 6.07) is 3.85. The molecule has 0 saturated carbocycles. The largest absolute Gasteiger partial charge is 0.372 e. The van der Waals surface area contributed by atoms with Crippen LogP contribution in [0.2, 0.25) is 0 Å². The lowest BCUT2D eigenvalue weighted by atomic mass is 10.2. The van der Waals surface area contributed by atoms with Crippen molar-refractivity contribution in [2.24, 2.45) is 0 Å². The van der Waals surface area contributed by atoms with Crippen molar-refractivity contribution >= 4 is 11.7 Å². The van der Waals surface area contributed by atoms with Crippen LogP contribution in [0, 0.1) is 6.92 Å². The molecule has 2 aliphatic heterocycles. The third-order valence-corrected chi connectivity index (χ3v) is 5.38. The van der Waals surface area contributed by atoms with E-state index in [4.69, 9.17) is 4.74 Å². The summed E-state index contributed by atoms with van der Waals surface area (Å²) in [5.74, 6) is 2.59. The topological polar surface area (TPSA) is 79.6 Å². The van der Waals surface area contributed by atoms with Gasteiger partial charge < -0.3 is 14.5 Å². The van der Waals surface area contributed by atoms with Gasteiger partial charge in [0.15, 0.2) is 5.82 Å². The molecule has 156 valence electrons. The van der Waals surface area contributed by atoms with Crippen molar-refractivity contribution < 1.29 is 9.53 Å². The average Bonchev–Trinajstić information content (AvgIpc) is 3.22. The summed E-state index contributed by atoms with van der Waals surface area (Å²) in [7, 11) is 0. The highest BCUT2D eigenvalue weighted by Crippen LogP contribution is 2.18. The maximum absolute atomic E-state index is 12.7. The van der Waals surface area contributed by atoms with E-state index in [0.29, 0.717) is 19.6 Å². The number of aryl methyl sites for hydroxylation is 1. The third-order valence-electron chi connectivity index (χ3n) is 5.38. The maximum Gasteiger partial charge on any atom is 0.236 e. The summed E-state index contributed by atoms with van der Waals surface area (Å²) < 4.78 is 7.48. The van der Waals surface area contributed by atoms with E-state index in [1.165, 1.54) is 0 Å². The molecule has 2 aromatic heterocycles. The van der Waals surface area contributed by atoms with Gasteiger partial charge in [-0.15, -0.1) is 0 Å². The highest BCUT2D eigenvalue weighted by Gasteiger charge is 2.28. The summed E-state index contributed by atoms with van der Waals surface area (Å²) in [5.41, 5.74) is 0. The molecular formula is C20H29N7O2. The van der Waals surface area contributed by atoms with Crippen molar-refractivity contribution in [3.05, 3.63) is 30.4 Å². The van der Waals surface area contributed by atoms with Crippen LogP contribution in [0.4, 0.5) is 5.82 Å². The Balaban J connectivity index is 1.34. The van der Waals surface area contributed by atoms with E-state index in [9.17, 15) is 4.79 Å². The average molecular weight is 399 g/mol. The Morgan fingerprint density at radius 1 is 1.10 bits per heavy atom. The minimum Gasteiger partial charge on any atom is -0.372 e. The lowest BCUT2D eigenvalue weighted by Crippen LogP contribution is -2.54. The van der Waals surface area contributed by atoms with E-state index in [1.807, 2.05) is 44.0 Å². The van der Waals surface area contributed by atoms with Crippen LogP contribution in [0.5, 0.6) is 0 Å². The molecule has 2 saturated heterocycles. The molecule has 0 aromatic carbocycles. The summed E-state index contributed by atoms with van der Waals surface area (Å²) in [6.07, 6.45) is 3.82. The van der Waals surface area contributed by atoms with Gasteiger partial charge in [-0.1, -0.05) is 0 Å². The lowest BCUT2D eigenvalue weighted by Gasteiger charge is -2.38. The van der Waals surface area contributed by atoms with Gasteiger partial charge in [0.25, 0.3) is 0 Å². The van der Waals surface area contributed by atoms with Crippen molar-refractivity contribution in [3.63, 3.8) is 0 Å². The lowest BCUT2D eigenvalue weighted by molar-refractivity contribution is -0.144. The fourth-order valence-electron chi connectivity index (χ4n) is 4.03. The van der Waals surface area contributed by atoms with Crippen molar-refractivity contribution in [2.45, 2.75) is 33.0 Å². The predicted octanol–water partition coefficient (Wildman–Crippen LogP) is 0.729. The Labute approximate surface area is 171 Å². The molecule has 2 unspecified atom stereocenters. The van der Waals surface area contributed by atoms with Gasteiger partial charge >= 0.3 is 0 Å². The zero-order chi connectivity index (χ0) is 20.4. The second kappa shape index (κ2) is 8.46. The molecule has 0 spiro atoms. The zero-order valence-corrected chi connectivity index (χ0v) is 17.4. The normalized spacial score (nSPS) is 23.4. The van der Waals surface area contributed by atoms with Gasteiger partial charge in [0.1, 0.15) is 11.6 Å². The van der Waals surface area contributed by atoms with Crippen LogP contribution in [0.3, 0.4) is 0 Å². The number of aromatic nitrogens is 4. The van der Waals surface area contributed by atoms with Crippen molar-refractivity contribution in [2.75, 3.05) is 50.7 Å². The fraction of sp³-hybridized carbons (Fsp3) is 0.600. The van der Waals surface area contributed by atoms with Crippen LogP contribution in [-0.4, -0.2) is 93.5 Å². The van der Waals surface area contributed by atoms with Crippen molar-refractivity contribution in [1.29, 1.82) is 0 Å². The van der Waals surface area contributed by atoms with Gasteiger partial charge in [0.05, 0.1) is 18.8 Å². The van der Waals surface area contributed by atoms with Crippen LogP contribution >= 0.6 is 0 Å². The molecule has 0 radical (unpaired) electrons. The molecule has 2 aliphatic rings. The summed E-state index contributed by atoms with van der Waals surface area (Å²) >= 11 is 0. The van der Waals surface area contributed by atoms with Crippen LogP contribution in [0.15, 0.2) is 24.5 Å². The molecular weight excluding hydrogens is 370 g/mol. The zero-order valence-electron chi connectivity index (χ0n) is 17.4. The van der Waals surface area contributed by atoms with Gasteiger partial charge in [-0.25, -0.2) is 14.6 Å². The Morgan fingerprint density at radius 3 is 2.45 bits per heavy atom. The number of rotatable bonds is 4. The van der Waals surface area contributed by atoms with E-state index in [2.05, 4.69) is 24.9 Å². The van der Waals surface area contributed by atoms with Gasteiger partial charge in [0.2, 0.25) is 5.91 Å². The maximum atomic E-state index is 12.7. The Hall–Kier alpha value is -2.52. The molecule has 0 N–H and O–H groups in total. The molecule has 2 aromatic rings. The molecule has 1 amide bonds. The van der Waals surface area contributed by atoms with E-state index in [-0.39, 0.29) is 18.1 Å². The highest BCUT2D eigenvalue weighted by atomic mass is 16.5. The number of amides is 1. The van der Waals surface area contributed by atoms with Crippen molar-refractivity contribution in [3.8, 4) is 5.82 Å². The van der Waals surface area contributed by atoms with Crippen LogP contribution in [0.1, 0.15) is 19.7 Å². The number of carbonyl (C=O) groups is 1. The summed E-state index contributed by atoms with van der Waals surface area (Å²) in [5, 5.41) is 4.26. The summed E-state index contributed by atoms with van der Waals surface area (Å²) in [6.45, 7) is 11.1. The first-order valence-corrected chi connectivity index (χ1v) is 10.2. The second-order valence-corrected chi connectivity index (χ2v) is 7.90. The highest BCUT2D eigenvalue weighted by molar-refractivity contribution is 5.78. The Morgan fingerprint density at radius 2 is 1.79 bits per heavy atom. The van der Waals surface area contributed by atoms with E-state index in [1.54, 1.807) is 10.9 Å². The van der Waals surface area contributed by atoms with Gasteiger partial charge in [-0.3, -0.25) is 9.69 Å². The Bertz CT molecular complexity index is 823. The number of hydrogen-bond donors (Lipinski definition) is 0. The van der Waals surface area contributed by atoms with E-state index in [0.717, 1.165) is 43.6 Å². The summed E-state index contributed by atoms with van der Waals surface area (Å²) in [4.78, 5) is 28.2. The van der Waals surface area contributed by atoms with E-state index < -0.39 is 0 Å². The number of hydrogen-bond acceptors (Lipinski definition) is 7. The molecule has 2 fully saturated rings. The first-order valence-electron chi connectivity index (χ1n) is 10.2. The van der Waals surface area contributed by atoms with Crippen molar-refractivity contribution in [1.82, 2.24) is 29.5 Å². The molecule has 0 bridgehead atoms. The molecule has 9 nitrogen and oxygen atoms in total. The second-order valence-electron chi connectivity index (χ2n) is 7.90. The number of anilines is 1. The van der Waals surface area contributed by atoms with Crippen LogP contribution in [0.25, 0.3) is 5.82 Å². The van der Waals surface area contributed by atoms with Gasteiger partial charge in [-0.2, -0.15) is 5.10 Å². The fourth-order valence-corrected chi connectivity index (χ4v) is 4.03. The molecule has 4 heterocycles. The Kier molecular flexibility index (Phi) is 5.77. The minimum atomic E-state index is 0.101. The number of ether oxygens (including phenoxy) is 1. The van der Waals surface area contributed by atoms with E-state index >= 15 is 0 Å². The monoisotopic (exact) mass is 399 g/mol. The quantitative estimate of drug-likeness (QED) is 0.750. The molecule has 4 rings (SSSR count). The number of piperazine rings is 1. The minimum absolute atomic E-state index is 0.101. The predicted molar refractivity (Wildman–Crippen MR) is 109 cm³/mol. The SMILES string of the molecule is Cc1nc(N2CCN(CC(=O)N3CC(C)OC(C)C3)CC2)cc(-n2cccn2)n1. The smallest absolute Gasteiger partial charge is 0.236 e. The van der Waals surface area contributed by atoms with Crippen LogP contribution < -0.4 is 4.90 Å². The number of morpholine rings is 1. The molecule has 9 heteroatoms. The molecule has 2 atom stereocenters. The standard InChI is InChI=1S/C20H29N7O2/c1-15-12-26(13-16(2)29-15)20(28)14-24-7-9-25(10-8-24)18-11-19(23-17(3)22-18)27-6-4-5-21-27/h4-6,11,15-16H,7-10,12-14H2,1-3H3. The third kappa shape index (κ3) is 4.73. The van der Waals surface area contributed by atoms with Gasteiger partial charge in [-0.05, 0) is 26.8 Å². The first-order chi connectivity index (χ1) is 14.0. The molecule has 29 heavy (non-hydrogen) atoms. The van der Waals surface area contributed by atoms with Crippen LogP contribution in [-0.2, 0) is 9.53 Å². The number of carbonyl (C=O) groups excluding carboxylic acids is 1. The van der Waals surface area contributed by atoms with Gasteiger partial charge in [0, 0.05) is 57.7 Å². The number of nitrogens with zero attached hydrogens (tertiary/aromatic N) is 7. The molecule has 0 aliphatic carbocycles.